The fraction of sp³-hybridized carbons (Fsp3) is 0.381. The molecule has 5 nitrogen and oxygen atoms in total. The molecule has 1 fully saturated rings. The van der Waals surface area contributed by atoms with E-state index in [0.29, 0.717) is 31.3 Å². The third-order valence-corrected chi connectivity index (χ3v) is 5.10. The van der Waals surface area contributed by atoms with Crippen LogP contribution in [-0.2, 0) is 16.1 Å². The molecule has 1 aliphatic rings. The van der Waals surface area contributed by atoms with Gasteiger partial charge >= 0.3 is 5.97 Å². The van der Waals surface area contributed by atoms with E-state index in [1.807, 2.05) is 49.4 Å². The second-order valence-electron chi connectivity index (χ2n) is 6.70. The third kappa shape index (κ3) is 5.45. The molecule has 0 radical (unpaired) electrons. The van der Waals surface area contributed by atoms with Crippen molar-refractivity contribution in [1.82, 2.24) is 4.90 Å². The first kappa shape index (κ1) is 19.7. The molecule has 27 heavy (non-hydrogen) atoms. The van der Waals surface area contributed by atoms with Gasteiger partial charge in [0.05, 0.1) is 19.1 Å². The molecule has 0 amide bonds. The number of halogens is 1. The molecule has 0 spiro atoms. The second kappa shape index (κ2) is 9.22. The Balaban J connectivity index is 1.62. The van der Waals surface area contributed by atoms with Crippen molar-refractivity contribution in [3.05, 3.63) is 64.2 Å². The summed E-state index contributed by atoms with van der Waals surface area (Å²) in [6.07, 6.45) is 0.103. The molecule has 2 aromatic carbocycles. The summed E-state index contributed by atoms with van der Waals surface area (Å²) in [6, 6.07) is 13.6. The van der Waals surface area contributed by atoms with Crippen molar-refractivity contribution >= 4 is 17.6 Å². The Morgan fingerprint density at radius 2 is 2.15 bits per heavy atom. The minimum atomic E-state index is -0.769. The van der Waals surface area contributed by atoms with Gasteiger partial charge in [0.25, 0.3) is 0 Å². The summed E-state index contributed by atoms with van der Waals surface area (Å²) in [7, 11) is 0. The Morgan fingerprint density at radius 3 is 2.89 bits per heavy atom. The monoisotopic (exact) mass is 389 g/mol. The van der Waals surface area contributed by atoms with Crippen LogP contribution in [-0.4, -0.2) is 42.2 Å². The Hall–Kier alpha value is -2.08. The molecule has 0 aliphatic carbocycles. The number of hydrogen-bond donors (Lipinski definition) is 1. The Labute approximate surface area is 164 Å². The second-order valence-corrected chi connectivity index (χ2v) is 7.11. The molecule has 0 aromatic heterocycles. The van der Waals surface area contributed by atoms with Crippen molar-refractivity contribution in [1.29, 1.82) is 0 Å². The van der Waals surface area contributed by atoms with Gasteiger partial charge in [0, 0.05) is 30.2 Å². The summed E-state index contributed by atoms with van der Waals surface area (Å²) in [4.78, 5) is 12.9. The van der Waals surface area contributed by atoms with Crippen LogP contribution in [0, 0.1) is 6.92 Å². The van der Waals surface area contributed by atoms with Crippen molar-refractivity contribution in [2.24, 2.45) is 0 Å². The number of nitrogens with zero attached hydrogens (tertiary/aromatic N) is 1. The Morgan fingerprint density at radius 1 is 1.33 bits per heavy atom. The summed E-state index contributed by atoms with van der Waals surface area (Å²) in [6.45, 7) is 5.08. The van der Waals surface area contributed by atoms with Crippen LogP contribution in [0.15, 0.2) is 42.5 Å². The summed E-state index contributed by atoms with van der Waals surface area (Å²) in [5.74, 6) is 0.0176. The van der Waals surface area contributed by atoms with Crippen LogP contribution >= 0.6 is 11.6 Å². The zero-order valence-electron chi connectivity index (χ0n) is 15.4. The van der Waals surface area contributed by atoms with Crippen LogP contribution in [0.4, 0.5) is 0 Å². The van der Waals surface area contributed by atoms with Gasteiger partial charge in [0.15, 0.2) is 0 Å². The van der Waals surface area contributed by atoms with Gasteiger partial charge in [-0.15, -0.1) is 0 Å². The fourth-order valence-electron chi connectivity index (χ4n) is 3.22. The van der Waals surface area contributed by atoms with Crippen LogP contribution in [0.1, 0.15) is 29.2 Å². The highest BCUT2D eigenvalue weighted by atomic mass is 35.5. The first-order valence-corrected chi connectivity index (χ1v) is 9.43. The van der Waals surface area contributed by atoms with Gasteiger partial charge in [-0.2, -0.15) is 0 Å². The SMILES string of the molecule is Cc1cc(OCc2ccccc2Cl)ccc1C1CN(CCC(=O)O)CCO1. The molecule has 1 aliphatic heterocycles. The number of aliphatic carboxylic acids is 1. The number of morpholine rings is 1. The molecule has 6 heteroatoms. The normalized spacial score (nSPS) is 17.6. The van der Waals surface area contributed by atoms with Crippen molar-refractivity contribution < 1.29 is 19.4 Å². The zero-order valence-corrected chi connectivity index (χ0v) is 16.1. The van der Waals surface area contributed by atoms with Crippen LogP contribution in [0.5, 0.6) is 5.75 Å². The molecule has 3 rings (SSSR count). The topological polar surface area (TPSA) is 59.0 Å². The predicted molar refractivity (Wildman–Crippen MR) is 104 cm³/mol. The number of carboxylic acids is 1. The lowest BCUT2D eigenvalue weighted by Crippen LogP contribution is -2.39. The van der Waals surface area contributed by atoms with E-state index in [-0.39, 0.29) is 12.5 Å². The number of aryl methyl sites for hydroxylation is 1. The highest BCUT2D eigenvalue weighted by Crippen LogP contribution is 2.28. The molecule has 0 bridgehead atoms. The molecular formula is C21H24ClNO4. The molecule has 144 valence electrons. The summed E-state index contributed by atoms with van der Waals surface area (Å²) < 4.78 is 11.8. The lowest BCUT2D eigenvalue weighted by atomic mass is 10.0. The van der Waals surface area contributed by atoms with E-state index in [4.69, 9.17) is 26.2 Å². The van der Waals surface area contributed by atoms with E-state index in [0.717, 1.165) is 29.0 Å². The fourth-order valence-corrected chi connectivity index (χ4v) is 3.41. The van der Waals surface area contributed by atoms with Gasteiger partial charge in [-0.1, -0.05) is 35.9 Å². The van der Waals surface area contributed by atoms with Crippen molar-refractivity contribution in [2.75, 3.05) is 26.2 Å². The smallest absolute Gasteiger partial charge is 0.304 e. The van der Waals surface area contributed by atoms with Crippen molar-refractivity contribution in [2.45, 2.75) is 26.1 Å². The maximum absolute atomic E-state index is 10.8. The molecule has 1 N–H and O–H groups in total. The number of carboxylic acid groups (broad SMARTS) is 1. The number of benzene rings is 2. The standard InChI is InChI=1S/C21H24ClNO4/c1-15-12-17(27-14-16-4-2-3-5-19(16)22)6-7-18(15)20-13-23(10-11-26-20)9-8-21(24)25/h2-7,12,20H,8-11,13-14H2,1H3,(H,24,25). The summed E-state index contributed by atoms with van der Waals surface area (Å²) in [5.41, 5.74) is 3.16. The Bertz CT molecular complexity index is 796. The summed E-state index contributed by atoms with van der Waals surface area (Å²) >= 11 is 6.17. The van der Waals surface area contributed by atoms with Gasteiger partial charge in [-0.05, 0) is 36.2 Å². The lowest BCUT2D eigenvalue weighted by Gasteiger charge is -2.33. The van der Waals surface area contributed by atoms with Gasteiger partial charge in [0.1, 0.15) is 12.4 Å². The van der Waals surface area contributed by atoms with Crippen molar-refractivity contribution in [3.8, 4) is 5.75 Å². The minimum Gasteiger partial charge on any atom is -0.489 e. The highest BCUT2D eigenvalue weighted by Gasteiger charge is 2.23. The third-order valence-electron chi connectivity index (χ3n) is 4.73. The van der Waals surface area contributed by atoms with E-state index >= 15 is 0 Å². The quantitative estimate of drug-likeness (QED) is 0.773. The van der Waals surface area contributed by atoms with E-state index in [2.05, 4.69) is 4.90 Å². The van der Waals surface area contributed by atoms with E-state index in [1.165, 1.54) is 0 Å². The average Bonchev–Trinajstić information content (AvgIpc) is 2.66. The first-order chi connectivity index (χ1) is 13.0. The number of carbonyl (C=O) groups is 1. The number of ether oxygens (including phenoxy) is 2. The minimum absolute atomic E-state index is 0.0508. The molecule has 1 unspecified atom stereocenters. The van der Waals surface area contributed by atoms with Crippen LogP contribution in [0.3, 0.4) is 0 Å². The van der Waals surface area contributed by atoms with E-state index in [9.17, 15) is 4.79 Å². The Kier molecular flexibility index (Phi) is 6.72. The molecule has 1 heterocycles. The molecule has 1 saturated heterocycles. The van der Waals surface area contributed by atoms with Gasteiger partial charge in [0.2, 0.25) is 0 Å². The maximum Gasteiger partial charge on any atom is 0.304 e. The van der Waals surface area contributed by atoms with Crippen LogP contribution in [0.2, 0.25) is 5.02 Å². The van der Waals surface area contributed by atoms with Gasteiger partial charge in [-0.25, -0.2) is 0 Å². The zero-order chi connectivity index (χ0) is 19.2. The number of hydrogen-bond acceptors (Lipinski definition) is 4. The first-order valence-electron chi connectivity index (χ1n) is 9.05. The summed E-state index contributed by atoms with van der Waals surface area (Å²) in [5, 5.41) is 9.57. The highest BCUT2D eigenvalue weighted by molar-refractivity contribution is 6.31. The average molecular weight is 390 g/mol. The maximum atomic E-state index is 10.8. The number of rotatable bonds is 7. The largest absolute Gasteiger partial charge is 0.489 e. The molecular weight excluding hydrogens is 366 g/mol. The molecule has 2 aromatic rings. The predicted octanol–water partition coefficient (Wildman–Crippen LogP) is 4.08. The lowest BCUT2D eigenvalue weighted by molar-refractivity contribution is -0.137. The molecule has 0 saturated carbocycles. The van der Waals surface area contributed by atoms with E-state index in [1.54, 1.807) is 0 Å². The van der Waals surface area contributed by atoms with Crippen LogP contribution in [0.25, 0.3) is 0 Å². The molecule has 1 atom stereocenters. The van der Waals surface area contributed by atoms with Crippen LogP contribution < -0.4 is 4.74 Å². The van der Waals surface area contributed by atoms with E-state index < -0.39 is 5.97 Å². The van der Waals surface area contributed by atoms with Gasteiger partial charge in [-0.3, -0.25) is 9.69 Å². The van der Waals surface area contributed by atoms with Crippen molar-refractivity contribution in [3.63, 3.8) is 0 Å². The van der Waals surface area contributed by atoms with Gasteiger partial charge < -0.3 is 14.6 Å².